The Bertz CT molecular complexity index is 548. The van der Waals surface area contributed by atoms with Crippen LogP contribution in [-0.4, -0.2) is 34.9 Å². The summed E-state index contributed by atoms with van der Waals surface area (Å²) < 4.78 is 10.4. The molecular weight excluding hydrogens is 298 g/mol. The summed E-state index contributed by atoms with van der Waals surface area (Å²) in [7, 11) is 0. The molecule has 0 saturated carbocycles. The standard InChI is InChI=1S/C17H25NO5/c1-11(2)22-15(20)14(18-16(21)23-17(3,4)5)10-12-7-6-8-13(19)9-12/h6-9,11,14,19H,10H2,1-5H3,(H,18,21)/t14-/m1/s1. The maximum absolute atomic E-state index is 12.2. The van der Waals surface area contributed by atoms with Crippen molar-refractivity contribution in [3.63, 3.8) is 0 Å². The number of phenols is 1. The molecule has 0 bridgehead atoms. The lowest BCUT2D eigenvalue weighted by atomic mass is 10.1. The molecule has 0 radical (unpaired) electrons. The first-order valence-corrected chi connectivity index (χ1v) is 7.55. The fraction of sp³-hybridized carbons (Fsp3) is 0.529. The minimum atomic E-state index is -0.894. The van der Waals surface area contributed by atoms with E-state index in [1.54, 1.807) is 46.8 Å². The van der Waals surface area contributed by atoms with Crippen LogP contribution >= 0.6 is 0 Å². The summed E-state index contributed by atoms with van der Waals surface area (Å²) in [4.78, 5) is 24.1. The molecule has 23 heavy (non-hydrogen) atoms. The number of rotatable bonds is 5. The fourth-order valence-corrected chi connectivity index (χ4v) is 1.88. The molecule has 0 saturated heterocycles. The molecule has 0 unspecified atom stereocenters. The van der Waals surface area contributed by atoms with Crippen LogP contribution in [0.15, 0.2) is 24.3 Å². The highest BCUT2D eigenvalue weighted by molar-refractivity contribution is 5.81. The van der Waals surface area contributed by atoms with Crippen LogP contribution in [0.2, 0.25) is 0 Å². The molecule has 0 spiro atoms. The van der Waals surface area contributed by atoms with Gasteiger partial charge in [0.05, 0.1) is 6.10 Å². The number of esters is 1. The monoisotopic (exact) mass is 323 g/mol. The Morgan fingerprint density at radius 3 is 2.43 bits per heavy atom. The predicted octanol–water partition coefficient (Wildman–Crippen LogP) is 2.78. The quantitative estimate of drug-likeness (QED) is 0.814. The van der Waals surface area contributed by atoms with E-state index < -0.39 is 23.7 Å². The minimum absolute atomic E-state index is 0.0933. The summed E-state index contributed by atoms with van der Waals surface area (Å²) in [6, 6.07) is 5.60. The molecule has 1 atom stereocenters. The van der Waals surface area contributed by atoms with Crippen LogP contribution in [0.1, 0.15) is 40.2 Å². The Kier molecular flexibility index (Phi) is 6.42. The molecule has 0 aliphatic heterocycles. The number of carbonyl (C=O) groups is 2. The number of alkyl carbamates (subject to hydrolysis) is 1. The van der Waals surface area contributed by atoms with Gasteiger partial charge in [0, 0.05) is 6.42 Å². The van der Waals surface area contributed by atoms with Crippen molar-refractivity contribution in [2.75, 3.05) is 0 Å². The van der Waals surface area contributed by atoms with E-state index in [-0.39, 0.29) is 18.3 Å². The van der Waals surface area contributed by atoms with E-state index in [2.05, 4.69) is 5.32 Å². The SMILES string of the molecule is CC(C)OC(=O)[C@@H](Cc1cccc(O)c1)NC(=O)OC(C)(C)C. The summed E-state index contributed by atoms with van der Waals surface area (Å²) >= 11 is 0. The fourth-order valence-electron chi connectivity index (χ4n) is 1.88. The number of hydrogen-bond donors (Lipinski definition) is 2. The van der Waals surface area contributed by atoms with E-state index in [1.165, 1.54) is 12.1 Å². The number of nitrogens with one attached hydrogen (secondary N) is 1. The van der Waals surface area contributed by atoms with Crippen LogP contribution in [0.25, 0.3) is 0 Å². The van der Waals surface area contributed by atoms with E-state index in [4.69, 9.17) is 9.47 Å². The van der Waals surface area contributed by atoms with Crippen molar-refractivity contribution in [2.24, 2.45) is 0 Å². The highest BCUT2D eigenvalue weighted by Gasteiger charge is 2.26. The van der Waals surface area contributed by atoms with Gasteiger partial charge in [-0.1, -0.05) is 12.1 Å². The molecule has 0 fully saturated rings. The van der Waals surface area contributed by atoms with Crippen molar-refractivity contribution < 1.29 is 24.2 Å². The lowest BCUT2D eigenvalue weighted by Crippen LogP contribution is -2.46. The molecule has 0 aromatic heterocycles. The normalized spacial score (nSPS) is 12.6. The van der Waals surface area contributed by atoms with Gasteiger partial charge in [-0.2, -0.15) is 0 Å². The molecule has 2 N–H and O–H groups in total. The topological polar surface area (TPSA) is 84.9 Å². The van der Waals surface area contributed by atoms with Crippen molar-refractivity contribution in [2.45, 2.75) is 58.8 Å². The Morgan fingerprint density at radius 2 is 1.91 bits per heavy atom. The summed E-state index contributed by atoms with van der Waals surface area (Å²) in [6.07, 6.45) is -0.794. The maximum Gasteiger partial charge on any atom is 0.408 e. The third-order valence-electron chi connectivity index (χ3n) is 2.68. The summed E-state index contributed by atoms with van der Waals surface area (Å²) in [5.74, 6) is -0.454. The Balaban J connectivity index is 2.84. The molecular formula is C17H25NO5. The highest BCUT2D eigenvalue weighted by atomic mass is 16.6. The average Bonchev–Trinajstić information content (AvgIpc) is 2.34. The van der Waals surface area contributed by atoms with Crippen LogP contribution in [-0.2, 0) is 20.7 Å². The molecule has 0 aliphatic rings. The number of carbonyl (C=O) groups excluding carboxylic acids is 2. The zero-order chi connectivity index (χ0) is 17.6. The number of aromatic hydroxyl groups is 1. The smallest absolute Gasteiger partial charge is 0.408 e. The molecule has 1 amide bonds. The molecule has 1 rings (SSSR count). The Labute approximate surface area is 136 Å². The van der Waals surface area contributed by atoms with E-state index >= 15 is 0 Å². The van der Waals surface area contributed by atoms with Gasteiger partial charge in [0.25, 0.3) is 0 Å². The lowest BCUT2D eigenvalue weighted by molar-refractivity contribution is -0.149. The molecule has 1 aromatic rings. The van der Waals surface area contributed by atoms with Gasteiger partial charge >= 0.3 is 12.1 Å². The number of amides is 1. The number of phenolic OH excluding ortho intramolecular Hbond substituents is 1. The zero-order valence-electron chi connectivity index (χ0n) is 14.3. The van der Waals surface area contributed by atoms with Crippen LogP contribution in [0.4, 0.5) is 4.79 Å². The number of hydrogen-bond acceptors (Lipinski definition) is 5. The predicted molar refractivity (Wildman–Crippen MR) is 86.2 cm³/mol. The number of benzene rings is 1. The largest absolute Gasteiger partial charge is 0.508 e. The van der Waals surface area contributed by atoms with Gasteiger partial charge in [-0.05, 0) is 52.3 Å². The molecule has 0 heterocycles. The summed E-state index contributed by atoms with van der Waals surface area (Å²) in [6.45, 7) is 8.68. The number of ether oxygens (including phenoxy) is 2. The Hall–Kier alpha value is -2.24. The highest BCUT2D eigenvalue weighted by Crippen LogP contribution is 2.14. The van der Waals surface area contributed by atoms with Crippen molar-refractivity contribution in [1.82, 2.24) is 5.32 Å². The molecule has 6 heteroatoms. The van der Waals surface area contributed by atoms with Gasteiger partial charge in [-0.3, -0.25) is 0 Å². The van der Waals surface area contributed by atoms with Crippen molar-refractivity contribution in [1.29, 1.82) is 0 Å². The van der Waals surface area contributed by atoms with Crippen molar-refractivity contribution in [3.8, 4) is 5.75 Å². The van der Waals surface area contributed by atoms with Crippen LogP contribution in [0.3, 0.4) is 0 Å². The molecule has 6 nitrogen and oxygen atoms in total. The van der Waals surface area contributed by atoms with Crippen LogP contribution < -0.4 is 5.32 Å². The van der Waals surface area contributed by atoms with E-state index in [1.807, 2.05) is 0 Å². The van der Waals surface area contributed by atoms with Crippen LogP contribution in [0, 0.1) is 0 Å². The maximum atomic E-state index is 12.2. The minimum Gasteiger partial charge on any atom is -0.508 e. The summed E-state index contributed by atoms with van der Waals surface area (Å²) in [5, 5.41) is 12.0. The first kappa shape index (κ1) is 18.8. The first-order chi connectivity index (χ1) is 10.6. The van der Waals surface area contributed by atoms with Crippen molar-refractivity contribution in [3.05, 3.63) is 29.8 Å². The van der Waals surface area contributed by atoms with Gasteiger partial charge in [-0.25, -0.2) is 9.59 Å². The lowest BCUT2D eigenvalue weighted by Gasteiger charge is -2.23. The van der Waals surface area contributed by atoms with E-state index in [0.29, 0.717) is 5.56 Å². The molecule has 1 aromatic carbocycles. The third-order valence-corrected chi connectivity index (χ3v) is 2.68. The zero-order valence-corrected chi connectivity index (χ0v) is 14.3. The summed E-state index contributed by atoms with van der Waals surface area (Å²) in [5.41, 5.74) is 0.0356. The van der Waals surface area contributed by atoms with E-state index in [9.17, 15) is 14.7 Å². The second-order valence-electron chi connectivity index (χ2n) is 6.56. The second-order valence-corrected chi connectivity index (χ2v) is 6.56. The molecule has 128 valence electrons. The van der Waals surface area contributed by atoms with Gasteiger partial charge in [0.15, 0.2) is 0 Å². The average molecular weight is 323 g/mol. The van der Waals surface area contributed by atoms with Gasteiger partial charge in [0.2, 0.25) is 0 Å². The van der Waals surface area contributed by atoms with Crippen molar-refractivity contribution >= 4 is 12.1 Å². The Morgan fingerprint density at radius 1 is 1.26 bits per heavy atom. The first-order valence-electron chi connectivity index (χ1n) is 7.55. The van der Waals surface area contributed by atoms with E-state index in [0.717, 1.165) is 0 Å². The second kappa shape index (κ2) is 7.85. The van der Waals surface area contributed by atoms with Gasteiger partial charge in [-0.15, -0.1) is 0 Å². The van der Waals surface area contributed by atoms with Gasteiger partial charge in [0.1, 0.15) is 17.4 Å². The third kappa shape index (κ3) is 7.54. The van der Waals surface area contributed by atoms with Gasteiger partial charge < -0.3 is 19.9 Å². The molecule has 0 aliphatic carbocycles. The van der Waals surface area contributed by atoms with Crippen LogP contribution in [0.5, 0.6) is 5.75 Å².